The third kappa shape index (κ3) is 2.45. The Balaban J connectivity index is 1.70. The fraction of sp³-hybridized carbons (Fsp3) is 0.471. The third-order valence-electron chi connectivity index (χ3n) is 4.37. The standard InChI is InChI=1S/C17H22N2O/c1-2-5-17(20)19-10-8-13(9-11-19)15-12-18-16-7-4-3-6-14(15)16/h3-4,6-7,12-13,18H,2,5,8-11H2,1H3. The lowest BCUT2D eigenvalue weighted by Gasteiger charge is -2.32. The van der Waals surface area contributed by atoms with Crippen LogP contribution >= 0.6 is 0 Å². The fourth-order valence-electron chi connectivity index (χ4n) is 3.24. The van der Waals surface area contributed by atoms with Gasteiger partial charge in [-0.15, -0.1) is 0 Å². The SMILES string of the molecule is CCCC(=O)N1CCC(c2c[nH]c3ccccc23)CC1. The molecule has 0 bridgehead atoms. The maximum Gasteiger partial charge on any atom is 0.222 e. The zero-order chi connectivity index (χ0) is 13.9. The van der Waals surface area contributed by atoms with Crippen molar-refractivity contribution in [2.45, 2.75) is 38.5 Å². The molecular weight excluding hydrogens is 248 g/mol. The minimum Gasteiger partial charge on any atom is -0.361 e. The van der Waals surface area contributed by atoms with E-state index in [1.807, 2.05) is 4.90 Å². The van der Waals surface area contributed by atoms with Gasteiger partial charge < -0.3 is 9.88 Å². The van der Waals surface area contributed by atoms with Gasteiger partial charge in [-0.25, -0.2) is 0 Å². The van der Waals surface area contributed by atoms with E-state index in [1.54, 1.807) is 0 Å². The summed E-state index contributed by atoms with van der Waals surface area (Å²) in [5, 5.41) is 1.34. The van der Waals surface area contributed by atoms with Crippen molar-refractivity contribution in [3.63, 3.8) is 0 Å². The average molecular weight is 270 g/mol. The van der Waals surface area contributed by atoms with E-state index < -0.39 is 0 Å². The molecule has 0 spiro atoms. The number of fused-ring (bicyclic) bond motifs is 1. The number of nitrogens with one attached hydrogen (secondary N) is 1. The quantitative estimate of drug-likeness (QED) is 0.907. The van der Waals surface area contributed by atoms with Gasteiger partial charge in [-0.05, 0) is 36.8 Å². The molecule has 106 valence electrons. The van der Waals surface area contributed by atoms with E-state index in [9.17, 15) is 4.79 Å². The number of H-pyrrole nitrogens is 1. The molecular formula is C17H22N2O. The molecule has 0 radical (unpaired) electrons. The van der Waals surface area contributed by atoms with Crippen LogP contribution in [0.1, 0.15) is 44.1 Å². The second-order valence-corrected chi connectivity index (χ2v) is 5.69. The van der Waals surface area contributed by atoms with E-state index in [0.29, 0.717) is 18.2 Å². The molecule has 1 aromatic carbocycles. The molecule has 0 unspecified atom stereocenters. The molecule has 3 rings (SSSR count). The number of carbonyl (C=O) groups is 1. The van der Waals surface area contributed by atoms with E-state index in [1.165, 1.54) is 16.5 Å². The summed E-state index contributed by atoms with van der Waals surface area (Å²) in [7, 11) is 0. The van der Waals surface area contributed by atoms with Crippen molar-refractivity contribution in [3.05, 3.63) is 36.0 Å². The minimum atomic E-state index is 0.324. The maximum atomic E-state index is 11.9. The van der Waals surface area contributed by atoms with Crippen molar-refractivity contribution in [2.75, 3.05) is 13.1 Å². The number of amides is 1. The summed E-state index contributed by atoms with van der Waals surface area (Å²) >= 11 is 0. The number of piperidine rings is 1. The van der Waals surface area contributed by atoms with Crippen molar-refractivity contribution < 1.29 is 4.79 Å². The second-order valence-electron chi connectivity index (χ2n) is 5.69. The highest BCUT2D eigenvalue weighted by molar-refractivity contribution is 5.83. The summed E-state index contributed by atoms with van der Waals surface area (Å²) in [5.41, 5.74) is 2.63. The van der Waals surface area contributed by atoms with Crippen LogP contribution in [0.15, 0.2) is 30.5 Å². The number of aromatic amines is 1. The molecule has 2 aromatic rings. The van der Waals surface area contributed by atoms with E-state index in [4.69, 9.17) is 0 Å². The first-order chi connectivity index (χ1) is 9.79. The summed E-state index contributed by atoms with van der Waals surface area (Å²) in [6.07, 6.45) is 5.95. The molecule has 20 heavy (non-hydrogen) atoms. The van der Waals surface area contributed by atoms with Crippen molar-refractivity contribution >= 4 is 16.8 Å². The Hall–Kier alpha value is -1.77. The number of likely N-dealkylation sites (tertiary alicyclic amines) is 1. The van der Waals surface area contributed by atoms with Crippen molar-refractivity contribution in [1.29, 1.82) is 0 Å². The first-order valence-corrected chi connectivity index (χ1v) is 7.63. The molecule has 1 aliphatic rings. The number of hydrogen-bond acceptors (Lipinski definition) is 1. The molecule has 0 atom stereocenters. The van der Waals surface area contributed by atoms with E-state index >= 15 is 0 Å². The van der Waals surface area contributed by atoms with Crippen molar-refractivity contribution in [1.82, 2.24) is 9.88 Å². The summed E-state index contributed by atoms with van der Waals surface area (Å²) in [6.45, 7) is 3.88. The summed E-state index contributed by atoms with van der Waals surface area (Å²) in [5.74, 6) is 0.904. The van der Waals surface area contributed by atoms with Gasteiger partial charge in [0.2, 0.25) is 5.91 Å². The first-order valence-electron chi connectivity index (χ1n) is 7.63. The fourth-order valence-corrected chi connectivity index (χ4v) is 3.24. The van der Waals surface area contributed by atoms with Gasteiger partial charge in [0.1, 0.15) is 0 Å². The molecule has 1 N–H and O–H groups in total. The Morgan fingerprint density at radius 2 is 2.05 bits per heavy atom. The predicted octanol–water partition coefficient (Wildman–Crippen LogP) is 3.67. The zero-order valence-corrected chi connectivity index (χ0v) is 12.1. The molecule has 1 aliphatic heterocycles. The van der Waals surface area contributed by atoms with Gasteiger partial charge in [-0.3, -0.25) is 4.79 Å². The summed E-state index contributed by atoms with van der Waals surface area (Å²) < 4.78 is 0. The van der Waals surface area contributed by atoms with Crippen LogP contribution in [0.4, 0.5) is 0 Å². The summed E-state index contributed by atoms with van der Waals surface area (Å²) in [6, 6.07) is 8.47. The van der Waals surface area contributed by atoms with E-state index in [-0.39, 0.29) is 0 Å². The highest BCUT2D eigenvalue weighted by Crippen LogP contribution is 2.33. The number of nitrogens with zero attached hydrogens (tertiary/aromatic N) is 1. The van der Waals surface area contributed by atoms with Crippen LogP contribution in [0, 0.1) is 0 Å². The Kier molecular flexibility index (Phi) is 3.77. The van der Waals surface area contributed by atoms with Crippen LogP contribution in [0.25, 0.3) is 10.9 Å². The lowest BCUT2D eigenvalue weighted by atomic mass is 9.89. The normalized spacial score (nSPS) is 16.8. The van der Waals surface area contributed by atoms with Gasteiger partial charge in [-0.1, -0.05) is 25.1 Å². The Bertz CT molecular complexity index is 594. The number of para-hydroxylation sites is 1. The molecule has 3 heteroatoms. The predicted molar refractivity (Wildman–Crippen MR) is 81.8 cm³/mol. The highest BCUT2D eigenvalue weighted by atomic mass is 16.2. The molecule has 1 amide bonds. The van der Waals surface area contributed by atoms with Gasteiger partial charge in [0.05, 0.1) is 0 Å². The Morgan fingerprint density at radius 1 is 1.30 bits per heavy atom. The Morgan fingerprint density at radius 3 is 2.80 bits per heavy atom. The lowest BCUT2D eigenvalue weighted by Crippen LogP contribution is -2.37. The van der Waals surface area contributed by atoms with Gasteiger partial charge >= 0.3 is 0 Å². The van der Waals surface area contributed by atoms with Gasteiger partial charge in [0.25, 0.3) is 0 Å². The van der Waals surface area contributed by atoms with Gasteiger partial charge in [0.15, 0.2) is 0 Å². The summed E-state index contributed by atoms with van der Waals surface area (Å²) in [4.78, 5) is 17.3. The molecule has 0 saturated carbocycles. The lowest BCUT2D eigenvalue weighted by molar-refractivity contribution is -0.132. The average Bonchev–Trinajstić information content (AvgIpc) is 2.92. The largest absolute Gasteiger partial charge is 0.361 e. The molecule has 1 fully saturated rings. The number of rotatable bonds is 3. The van der Waals surface area contributed by atoms with E-state index in [2.05, 4.69) is 42.4 Å². The monoisotopic (exact) mass is 270 g/mol. The minimum absolute atomic E-state index is 0.324. The number of hydrogen-bond donors (Lipinski definition) is 1. The van der Waals surface area contributed by atoms with Crippen LogP contribution in [-0.4, -0.2) is 28.9 Å². The zero-order valence-electron chi connectivity index (χ0n) is 12.1. The van der Waals surface area contributed by atoms with Crippen LogP contribution < -0.4 is 0 Å². The van der Waals surface area contributed by atoms with Gasteiger partial charge in [0, 0.05) is 36.6 Å². The molecule has 1 aromatic heterocycles. The van der Waals surface area contributed by atoms with Crippen LogP contribution in [0.2, 0.25) is 0 Å². The molecule has 0 aliphatic carbocycles. The van der Waals surface area contributed by atoms with Crippen molar-refractivity contribution in [2.24, 2.45) is 0 Å². The molecule has 2 heterocycles. The number of benzene rings is 1. The number of carbonyl (C=O) groups excluding carboxylic acids is 1. The van der Waals surface area contributed by atoms with Crippen LogP contribution in [0.5, 0.6) is 0 Å². The molecule has 3 nitrogen and oxygen atoms in total. The maximum absolute atomic E-state index is 11.9. The van der Waals surface area contributed by atoms with Crippen molar-refractivity contribution in [3.8, 4) is 0 Å². The van der Waals surface area contributed by atoms with E-state index in [0.717, 1.165) is 32.4 Å². The first kappa shape index (κ1) is 13.2. The highest BCUT2D eigenvalue weighted by Gasteiger charge is 2.24. The molecule has 1 saturated heterocycles. The second kappa shape index (κ2) is 5.70. The smallest absolute Gasteiger partial charge is 0.222 e. The number of aromatic nitrogens is 1. The third-order valence-corrected chi connectivity index (χ3v) is 4.37. The van der Waals surface area contributed by atoms with Crippen LogP contribution in [0.3, 0.4) is 0 Å². The van der Waals surface area contributed by atoms with Gasteiger partial charge in [-0.2, -0.15) is 0 Å². The van der Waals surface area contributed by atoms with Crippen LogP contribution in [-0.2, 0) is 4.79 Å². The Labute approximate surface area is 120 Å². The topological polar surface area (TPSA) is 36.1 Å².